The van der Waals surface area contributed by atoms with Crippen LogP contribution in [0.5, 0.6) is 5.88 Å². The number of methoxy groups -OCH3 is 1. The highest BCUT2D eigenvalue weighted by molar-refractivity contribution is 6.31. The summed E-state index contributed by atoms with van der Waals surface area (Å²) in [6.07, 6.45) is 3.20. The molecule has 0 saturated carbocycles. The number of benzene rings is 1. The number of rotatable bonds is 6. The van der Waals surface area contributed by atoms with Crippen molar-refractivity contribution >= 4 is 40.7 Å². The minimum absolute atomic E-state index is 0.0119. The zero-order valence-electron chi connectivity index (χ0n) is 21.4. The van der Waals surface area contributed by atoms with Crippen LogP contribution < -0.4 is 20.5 Å². The summed E-state index contributed by atoms with van der Waals surface area (Å²) in [5.41, 5.74) is 3.25. The first-order chi connectivity index (χ1) is 18.2. The van der Waals surface area contributed by atoms with Gasteiger partial charge >= 0.3 is 0 Å². The van der Waals surface area contributed by atoms with E-state index in [1.165, 1.54) is 17.7 Å². The third kappa shape index (κ3) is 4.10. The van der Waals surface area contributed by atoms with Crippen molar-refractivity contribution in [3.05, 3.63) is 85.6 Å². The lowest BCUT2D eigenvalue weighted by Gasteiger charge is -2.28. The summed E-state index contributed by atoms with van der Waals surface area (Å²) in [6, 6.07) is 8.25. The Morgan fingerprint density at radius 2 is 1.84 bits per heavy atom. The van der Waals surface area contributed by atoms with E-state index < -0.39 is 6.04 Å². The van der Waals surface area contributed by atoms with Gasteiger partial charge in [-0.1, -0.05) is 49.2 Å². The van der Waals surface area contributed by atoms with Crippen LogP contribution in [0.3, 0.4) is 0 Å². The molecule has 0 radical (unpaired) electrons. The Morgan fingerprint density at radius 3 is 2.45 bits per heavy atom. The van der Waals surface area contributed by atoms with Crippen molar-refractivity contribution in [1.29, 1.82) is 0 Å². The van der Waals surface area contributed by atoms with Gasteiger partial charge in [-0.25, -0.2) is 9.67 Å². The molecule has 1 aromatic carbocycles. The lowest BCUT2D eigenvalue weighted by Crippen LogP contribution is -2.31. The van der Waals surface area contributed by atoms with Gasteiger partial charge in [-0.05, 0) is 29.7 Å². The minimum Gasteiger partial charge on any atom is -0.479 e. The molecule has 0 fully saturated rings. The van der Waals surface area contributed by atoms with Crippen LogP contribution in [0.1, 0.15) is 53.1 Å². The van der Waals surface area contributed by atoms with Crippen LogP contribution >= 0.6 is 23.2 Å². The van der Waals surface area contributed by atoms with E-state index in [0.29, 0.717) is 28.2 Å². The summed E-state index contributed by atoms with van der Waals surface area (Å²) in [5.74, 6) is 0.321. The molecule has 0 spiro atoms. The molecular weight excluding hydrogens is 529 g/mol. The number of nitrogens with one attached hydrogen (secondary N) is 1. The third-order valence-electron chi connectivity index (χ3n) is 6.43. The lowest BCUT2D eigenvalue weighted by atomic mass is 9.94. The molecule has 4 heterocycles. The highest BCUT2D eigenvalue weighted by atomic mass is 35.5. The van der Waals surface area contributed by atoms with E-state index in [4.69, 9.17) is 33.0 Å². The highest BCUT2D eigenvalue weighted by Crippen LogP contribution is 2.46. The van der Waals surface area contributed by atoms with Gasteiger partial charge in [0.05, 0.1) is 30.7 Å². The fourth-order valence-electron chi connectivity index (χ4n) is 4.76. The number of amides is 1. The number of fused-ring (bicyclic) bond motifs is 1. The number of carbonyl (C=O) groups excluding carboxylic acids is 1. The van der Waals surface area contributed by atoms with Gasteiger partial charge in [0.15, 0.2) is 5.69 Å². The van der Waals surface area contributed by atoms with Crippen LogP contribution in [-0.4, -0.2) is 44.4 Å². The van der Waals surface area contributed by atoms with Gasteiger partial charge in [0.2, 0.25) is 11.8 Å². The monoisotopic (exact) mass is 553 g/mol. The second-order valence-corrected chi connectivity index (χ2v) is 9.99. The number of anilines is 2. The van der Waals surface area contributed by atoms with Gasteiger partial charge in [-0.3, -0.25) is 14.5 Å². The molecule has 196 valence electrons. The van der Waals surface area contributed by atoms with Crippen molar-refractivity contribution < 1.29 is 9.53 Å². The number of ether oxygens (including phenoxy) is 1. The quantitative estimate of drug-likeness (QED) is 0.372. The average molecular weight is 554 g/mol. The van der Waals surface area contributed by atoms with Gasteiger partial charge < -0.3 is 14.6 Å². The number of nitrogens with zero attached hydrogens (tertiary/aromatic N) is 6. The molecule has 1 unspecified atom stereocenters. The molecule has 1 aliphatic rings. The van der Waals surface area contributed by atoms with Gasteiger partial charge in [-0.15, -0.1) is 0 Å². The van der Waals surface area contributed by atoms with Gasteiger partial charge in [-0.2, -0.15) is 10.1 Å². The first-order valence-electron chi connectivity index (χ1n) is 11.8. The number of aromatic nitrogens is 5. The minimum atomic E-state index is -0.557. The summed E-state index contributed by atoms with van der Waals surface area (Å²) >= 11 is 12.4. The highest BCUT2D eigenvalue weighted by Gasteiger charge is 2.45. The van der Waals surface area contributed by atoms with Crippen LogP contribution in [0.25, 0.3) is 5.69 Å². The van der Waals surface area contributed by atoms with E-state index in [1.807, 2.05) is 26.0 Å². The van der Waals surface area contributed by atoms with Crippen molar-refractivity contribution in [2.45, 2.75) is 25.8 Å². The van der Waals surface area contributed by atoms with Gasteiger partial charge in [0.1, 0.15) is 10.7 Å². The summed E-state index contributed by atoms with van der Waals surface area (Å²) in [5, 5.41) is 8.25. The molecule has 0 saturated heterocycles. The van der Waals surface area contributed by atoms with E-state index in [9.17, 15) is 9.59 Å². The second-order valence-electron chi connectivity index (χ2n) is 9.14. The normalized spacial score (nSPS) is 14.8. The molecule has 1 N–H and O–H groups in total. The summed E-state index contributed by atoms with van der Waals surface area (Å²) in [7, 11) is 4.83. The molecule has 5 rings (SSSR count). The SMILES string of the molecule is CNc1ncc(-n2nc3c(c2C(C)C)C(c2ccc(Cl)cc2)N(c2cc(Cl)c(=O)n(C)c2)C3=O)c(OC)n1. The second kappa shape index (κ2) is 9.77. The van der Waals surface area contributed by atoms with Gasteiger partial charge in [0.25, 0.3) is 11.5 Å². The van der Waals surface area contributed by atoms with E-state index in [2.05, 4.69) is 15.3 Å². The molecule has 3 aromatic heterocycles. The predicted molar refractivity (Wildman–Crippen MR) is 146 cm³/mol. The van der Waals surface area contributed by atoms with Crippen molar-refractivity contribution in [3.63, 3.8) is 0 Å². The Morgan fingerprint density at radius 1 is 1.13 bits per heavy atom. The topological polar surface area (TPSA) is 107 Å². The Balaban J connectivity index is 1.79. The largest absolute Gasteiger partial charge is 0.479 e. The lowest BCUT2D eigenvalue weighted by molar-refractivity contribution is 0.0988. The first kappa shape index (κ1) is 25.7. The number of carbonyl (C=O) groups is 1. The predicted octanol–water partition coefficient (Wildman–Crippen LogP) is 4.59. The number of hydrogen-bond acceptors (Lipinski definition) is 7. The van der Waals surface area contributed by atoms with E-state index in [1.54, 1.807) is 48.2 Å². The van der Waals surface area contributed by atoms with E-state index in [0.717, 1.165) is 16.8 Å². The standard InChI is InChI=1S/C26H25Cl2N7O3/c1-13(2)21-19-20(32-35(21)18-11-30-26(29-3)31-23(18)38-5)25(37)34(16-10-17(28)24(36)33(4)12-16)22(19)14-6-8-15(27)9-7-14/h6-13,22H,1-5H3,(H,29,30,31). The maximum Gasteiger partial charge on any atom is 0.280 e. The van der Waals surface area contributed by atoms with E-state index in [-0.39, 0.29) is 28.1 Å². The van der Waals surface area contributed by atoms with Crippen molar-refractivity contribution in [2.75, 3.05) is 24.4 Å². The maximum atomic E-state index is 14.1. The molecule has 1 aliphatic heterocycles. The molecule has 4 aromatic rings. The number of pyridine rings is 1. The summed E-state index contributed by atoms with van der Waals surface area (Å²) in [6.45, 7) is 4.05. The molecular formula is C26H25Cl2N7O3. The molecule has 10 nitrogen and oxygen atoms in total. The Hall–Kier alpha value is -3.89. The molecule has 1 amide bonds. The number of aryl methyl sites for hydroxylation is 1. The first-order valence-corrected chi connectivity index (χ1v) is 12.6. The molecule has 0 aliphatic carbocycles. The summed E-state index contributed by atoms with van der Waals surface area (Å²) in [4.78, 5) is 36.7. The van der Waals surface area contributed by atoms with Crippen LogP contribution in [0.2, 0.25) is 10.0 Å². The van der Waals surface area contributed by atoms with E-state index >= 15 is 0 Å². The van der Waals surface area contributed by atoms with Crippen molar-refractivity contribution in [3.8, 4) is 11.6 Å². The van der Waals surface area contributed by atoms with Crippen LogP contribution in [-0.2, 0) is 7.05 Å². The zero-order chi connectivity index (χ0) is 27.3. The van der Waals surface area contributed by atoms with Crippen LogP contribution in [0, 0.1) is 0 Å². The fraction of sp³-hybridized carbons (Fsp3) is 0.269. The Kier molecular flexibility index (Phi) is 6.62. The Labute approximate surface area is 228 Å². The van der Waals surface area contributed by atoms with Crippen molar-refractivity contribution in [1.82, 2.24) is 24.3 Å². The van der Waals surface area contributed by atoms with Gasteiger partial charge in [0, 0.05) is 30.9 Å². The maximum absolute atomic E-state index is 14.1. The molecule has 0 bridgehead atoms. The Bertz CT molecular complexity index is 1590. The number of hydrogen-bond donors (Lipinski definition) is 1. The molecule has 38 heavy (non-hydrogen) atoms. The third-order valence-corrected chi connectivity index (χ3v) is 6.95. The van der Waals surface area contributed by atoms with Crippen LogP contribution in [0.15, 0.2) is 47.5 Å². The van der Waals surface area contributed by atoms with Crippen LogP contribution in [0.4, 0.5) is 11.6 Å². The zero-order valence-corrected chi connectivity index (χ0v) is 22.9. The summed E-state index contributed by atoms with van der Waals surface area (Å²) < 4.78 is 8.58. The molecule has 1 atom stereocenters. The van der Waals surface area contributed by atoms with Crippen molar-refractivity contribution in [2.24, 2.45) is 7.05 Å². The number of halogens is 2. The molecule has 12 heteroatoms. The smallest absolute Gasteiger partial charge is 0.280 e. The average Bonchev–Trinajstić information content (AvgIpc) is 3.42. The fourth-order valence-corrected chi connectivity index (χ4v) is 5.13.